The highest BCUT2D eigenvalue weighted by Crippen LogP contribution is 2.12. The first-order valence-corrected chi connectivity index (χ1v) is 6.82. The Morgan fingerprint density at radius 3 is 2.71 bits per heavy atom. The largest absolute Gasteiger partial charge is 0.492 e. The van der Waals surface area contributed by atoms with Crippen LogP contribution >= 0.6 is 0 Å². The Hall–Kier alpha value is -2.08. The summed E-state index contributed by atoms with van der Waals surface area (Å²) in [5, 5.41) is 0. The first-order chi connectivity index (χ1) is 9.95. The number of carbonyl (C=O) groups excluding carboxylic acids is 2. The van der Waals surface area contributed by atoms with Crippen LogP contribution in [0.4, 0.5) is 0 Å². The van der Waals surface area contributed by atoms with E-state index in [4.69, 9.17) is 15.2 Å². The van der Waals surface area contributed by atoms with Gasteiger partial charge in [-0.05, 0) is 31.5 Å². The van der Waals surface area contributed by atoms with Gasteiger partial charge in [0, 0.05) is 7.05 Å². The zero-order valence-corrected chi connectivity index (χ0v) is 12.7. The van der Waals surface area contributed by atoms with Crippen LogP contribution in [0.2, 0.25) is 0 Å². The van der Waals surface area contributed by atoms with Crippen LogP contribution < -0.4 is 10.5 Å². The molecular weight excluding hydrogens is 272 g/mol. The molecule has 0 aliphatic carbocycles. The SMILES string of the molecule is CCOC(=O)C(N)C(=O)N(C)CCOc1cccc(C)c1. The normalized spacial score (nSPS) is 11.6. The second-order valence-corrected chi connectivity index (χ2v) is 4.65. The number of esters is 1. The quantitative estimate of drug-likeness (QED) is 0.592. The number of amides is 1. The summed E-state index contributed by atoms with van der Waals surface area (Å²) in [4.78, 5) is 24.7. The molecule has 0 aliphatic rings. The molecule has 21 heavy (non-hydrogen) atoms. The monoisotopic (exact) mass is 294 g/mol. The van der Waals surface area contributed by atoms with Crippen molar-refractivity contribution < 1.29 is 19.1 Å². The van der Waals surface area contributed by atoms with Gasteiger partial charge in [0.25, 0.3) is 5.91 Å². The molecular formula is C15H22N2O4. The molecule has 0 radical (unpaired) electrons. The minimum Gasteiger partial charge on any atom is -0.492 e. The topological polar surface area (TPSA) is 81.9 Å². The van der Waals surface area contributed by atoms with Crippen molar-refractivity contribution in [1.82, 2.24) is 4.90 Å². The summed E-state index contributed by atoms with van der Waals surface area (Å²) in [6.07, 6.45) is 0. The smallest absolute Gasteiger partial charge is 0.332 e. The van der Waals surface area contributed by atoms with Gasteiger partial charge in [0.15, 0.2) is 6.04 Å². The Morgan fingerprint density at radius 1 is 1.38 bits per heavy atom. The van der Waals surface area contributed by atoms with E-state index in [2.05, 4.69) is 0 Å². The average Bonchev–Trinajstić information content (AvgIpc) is 2.46. The van der Waals surface area contributed by atoms with E-state index in [1.165, 1.54) is 4.90 Å². The standard InChI is InChI=1S/C15H22N2O4/c1-4-20-15(19)13(16)14(18)17(3)8-9-21-12-7-5-6-11(2)10-12/h5-7,10,13H,4,8-9,16H2,1-3H3. The van der Waals surface area contributed by atoms with Crippen molar-refractivity contribution in [3.8, 4) is 5.75 Å². The molecule has 0 aromatic heterocycles. The number of nitrogens with zero attached hydrogens (tertiary/aromatic N) is 1. The molecule has 0 aliphatic heterocycles. The average molecular weight is 294 g/mol. The number of ether oxygens (including phenoxy) is 2. The Bertz CT molecular complexity index is 490. The molecule has 6 nitrogen and oxygen atoms in total. The van der Waals surface area contributed by atoms with Gasteiger partial charge in [-0.1, -0.05) is 12.1 Å². The molecule has 0 bridgehead atoms. The van der Waals surface area contributed by atoms with Crippen LogP contribution in [0.5, 0.6) is 5.75 Å². The Kier molecular flexibility index (Phi) is 6.68. The van der Waals surface area contributed by atoms with E-state index in [0.717, 1.165) is 11.3 Å². The van der Waals surface area contributed by atoms with Crippen LogP contribution in [0, 0.1) is 6.92 Å². The van der Waals surface area contributed by atoms with E-state index in [9.17, 15) is 9.59 Å². The first-order valence-electron chi connectivity index (χ1n) is 6.82. The number of benzene rings is 1. The Labute approximate surface area is 124 Å². The molecule has 2 N–H and O–H groups in total. The highest BCUT2D eigenvalue weighted by atomic mass is 16.5. The molecule has 6 heteroatoms. The van der Waals surface area contributed by atoms with Gasteiger partial charge < -0.3 is 20.1 Å². The second-order valence-electron chi connectivity index (χ2n) is 4.65. The van der Waals surface area contributed by atoms with Gasteiger partial charge in [0.05, 0.1) is 13.2 Å². The van der Waals surface area contributed by atoms with Crippen molar-refractivity contribution in [1.29, 1.82) is 0 Å². The lowest BCUT2D eigenvalue weighted by Crippen LogP contribution is -2.48. The molecule has 0 fully saturated rings. The molecule has 0 spiro atoms. The zero-order valence-electron chi connectivity index (χ0n) is 12.7. The fourth-order valence-corrected chi connectivity index (χ4v) is 1.69. The third kappa shape index (κ3) is 5.43. The predicted molar refractivity (Wildman–Crippen MR) is 78.9 cm³/mol. The van der Waals surface area contributed by atoms with Gasteiger partial charge in [0.2, 0.25) is 0 Å². The van der Waals surface area contributed by atoms with Gasteiger partial charge in [-0.2, -0.15) is 0 Å². The maximum atomic E-state index is 11.9. The lowest BCUT2D eigenvalue weighted by molar-refractivity contribution is -0.150. The van der Waals surface area contributed by atoms with Crippen molar-refractivity contribution in [2.24, 2.45) is 5.73 Å². The second kappa shape index (κ2) is 8.26. The van der Waals surface area contributed by atoms with Crippen LogP contribution in [0.25, 0.3) is 0 Å². The van der Waals surface area contributed by atoms with Crippen molar-refractivity contribution in [2.75, 3.05) is 26.8 Å². The van der Waals surface area contributed by atoms with Gasteiger partial charge in [-0.15, -0.1) is 0 Å². The van der Waals surface area contributed by atoms with Gasteiger partial charge in [-0.25, -0.2) is 4.79 Å². The summed E-state index contributed by atoms with van der Waals surface area (Å²) in [5.41, 5.74) is 6.64. The summed E-state index contributed by atoms with van der Waals surface area (Å²) in [7, 11) is 1.57. The van der Waals surface area contributed by atoms with Crippen LogP contribution in [0.3, 0.4) is 0 Å². The zero-order chi connectivity index (χ0) is 15.8. The number of hydrogen-bond acceptors (Lipinski definition) is 5. The summed E-state index contributed by atoms with van der Waals surface area (Å²) >= 11 is 0. The van der Waals surface area contributed by atoms with Gasteiger partial charge in [-0.3, -0.25) is 4.79 Å². The number of hydrogen-bond donors (Lipinski definition) is 1. The molecule has 1 atom stereocenters. The molecule has 1 aromatic carbocycles. The maximum absolute atomic E-state index is 11.9. The summed E-state index contributed by atoms with van der Waals surface area (Å²) in [6.45, 7) is 4.48. The number of aryl methyl sites for hydroxylation is 1. The van der Waals surface area contributed by atoms with E-state index < -0.39 is 17.9 Å². The molecule has 0 saturated heterocycles. The minimum atomic E-state index is -1.28. The molecule has 1 aromatic rings. The van der Waals surface area contributed by atoms with Crippen LogP contribution in [-0.2, 0) is 14.3 Å². The van der Waals surface area contributed by atoms with Crippen molar-refractivity contribution in [3.05, 3.63) is 29.8 Å². The van der Waals surface area contributed by atoms with Crippen LogP contribution in [-0.4, -0.2) is 49.6 Å². The third-order valence-corrected chi connectivity index (χ3v) is 2.87. The lowest BCUT2D eigenvalue weighted by atomic mass is 10.2. The molecule has 1 amide bonds. The maximum Gasteiger partial charge on any atom is 0.332 e. The van der Waals surface area contributed by atoms with Crippen LogP contribution in [0.15, 0.2) is 24.3 Å². The molecule has 1 rings (SSSR count). The lowest BCUT2D eigenvalue weighted by Gasteiger charge is -2.20. The fourth-order valence-electron chi connectivity index (χ4n) is 1.69. The molecule has 0 heterocycles. The van der Waals surface area contributed by atoms with Gasteiger partial charge in [0.1, 0.15) is 12.4 Å². The van der Waals surface area contributed by atoms with Gasteiger partial charge >= 0.3 is 5.97 Å². The number of rotatable bonds is 7. The highest BCUT2D eigenvalue weighted by Gasteiger charge is 2.26. The first kappa shape index (κ1) is 17.0. The number of nitrogens with two attached hydrogens (primary N) is 1. The number of carbonyl (C=O) groups is 2. The molecule has 116 valence electrons. The van der Waals surface area contributed by atoms with Crippen molar-refractivity contribution in [2.45, 2.75) is 19.9 Å². The Morgan fingerprint density at radius 2 is 2.10 bits per heavy atom. The molecule has 1 unspecified atom stereocenters. The van der Waals surface area contributed by atoms with Crippen molar-refractivity contribution in [3.63, 3.8) is 0 Å². The molecule has 0 saturated carbocycles. The highest BCUT2D eigenvalue weighted by molar-refractivity contribution is 6.01. The van der Waals surface area contributed by atoms with E-state index in [1.807, 2.05) is 31.2 Å². The minimum absolute atomic E-state index is 0.194. The Balaban J connectivity index is 2.41. The van der Waals surface area contributed by atoms with E-state index >= 15 is 0 Å². The fraction of sp³-hybridized carbons (Fsp3) is 0.467. The summed E-state index contributed by atoms with van der Waals surface area (Å²) < 4.78 is 10.3. The van der Waals surface area contributed by atoms with E-state index in [1.54, 1.807) is 14.0 Å². The predicted octanol–water partition coefficient (Wildman–Crippen LogP) is 0.723. The van der Waals surface area contributed by atoms with E-state index in [-0.39, 0.29) is 6.61 Å². The number of likely N-dealkylation sites (N-methyl/N-ethyl adjacent to an activating group) is 1. The van der Waals surface area contributed by atoms with Crippen molar-refractivity contribution >= 4 is 11.9 Å². The third-order valence-electron chi connectivity index (χ3n) is 2.87. The van der Waals surface area contributed by atoms with E-state index in [0.29, 0.717) is 13.2 Å². The summed E-state index contributed by atoms with van der Waals surface area (Å²) in [6, 6.07) is 6.34. The van der Waals surface area contributed by atoms with Crippen LogP contribution in [0.1, 0.15) is 12.5 Å². The summed E-state index contributed by atoms with van der Waals surface area (Å²) in [5.74, 6) is -0.458.